The van der Waals surface area contributed by atoms with Crippen molar-refractivity contribution < 1.29 is 4.74 Å². The molecule has 46 valence electrons. The van der Waals surface area contributed by atoms with E-state index in [1.807, 2.05) is 0 Å². The summed E-state index contributed by atoms with van der Waals surface area (Å²) in [6, 6.07) is 0. The first-order chi connectivity index (χ1) is 3.91. The lowest BCUT2D eigenvalue weighted by atomic mass is 10.8. The van der Waals surface area contributed by atoms with Gasteiger partial charge in [0.15, 0.2) is 0 Å². The zero-order valence-electron chi connectivity index (χ0n) is 5.02. The fourth-order valence-corrected chi connectivity index (χ4v) is 0.820. The maximum Gasteiger partial charge on any atom is 0.0553 e. The number of ether oxygens (including phenoxy) is 1. The minimum Gasteiger partial charge on any atom is -0.384 e. The quantitative estimate of drug-likeness (QED) is 0.415. The monoisotopic (exact) mass is 130 g/mol. The predicted octanol–water partition coefficient (Wildman–Crippen LogP) is 0.999. The molecule has 0 spiro atoms. The van der Waals surface area contributed by atoms with Crippen LogP contribution < -0.4 is 0 Å². The van der Waals surface area contributed by atoms with Gasteiger partial charge in [0, 0.05) is 12.9 Å². The van der Waals surface area contributed by atoms with Crippen LogP contribution in [0.2, 0.25) is 0 Å². The second-order valence-corrected chi connectivity index (χ2v) is 2.35. The van der Waals surface area contributed by atoms with Gasteiger partial charge < -0.3 is 4.74 Å². The molecule has 2 heteroatoms. The van der Waals surface area contributed by atoms with E-state index in [2.05, 4.69) is 5.92 Å². The van der Waals surface area contributed by atoms with Crippen LogP contribution in [0.1, 0.15) is 0 Å². The van der Waals surface area contributed by atoms with E-state index < -0.39 is 0 Å². The maximum atomic E-state index is 5.00. The van der Waals surface area contributed by atoms with Crippen LogP contribution >= 0.6 is 11.8 Å². The van der Waals surface area contributed by atoms with E-state index in [-0.39, 0.29) is 0 Å². The van der Waals surface area contributed by atoms with Gasteiger partial charge in [-0.25, -0.2) is 0 Å². The lowest BCUT2D eigenvalue weighted by Gasteiger charge is -1.92. The largest absolute Gasteiger partial charge is 0.384 e. The summed E-state index contributed by atoms with van der Waals surface area (Å²) in [6.07, 6.45) is 5.00. The number of methoxy groups -OCH3 is 1. The van der Waals surface area contributed by atoms with Crippen molar-refractivity contribution in [3.05, 3.63) is 0 Å². The highest BCUT2D eigenvalue weighted by atomic mass is 32.2. The van der Waals surface area contributed by atoms with Gasteiger partial charge >= 0.3 is 0 Å². The fourth-order valence-electron chi connectivity index (χ4n) is 0.273. The summed E-state index contributed by atoms with van der Waals surface area (Å²) >= 11 is 1.72. The fraction of sp³-hybridized carbons (Fsp3) is 0.667. The van der Waals surface area contributed by atoms with Crippen molar-refractivity contribution in [2.45, 2.75) is 0 Å². The third-order valence-electron chi connectivity index (χ3n) is 0.617. The third kappa shape index (κ3) is 5.87. The van der Waals surface area contributed by atoms with Gasteiger partial charge in [-0.1, -0.05) is 5.92 Å². The SMILES string of the molecule is C#CCSCCOC. The number of rotatable bonds is 4. The van der Waals surface area contributed by atoms with E-state index in [1.165, 1.54) is 0 Å². The van der Waals surface area contributed by atoms with Crippen LogP contribution in [0.25, 0.3) is 0 Å². The first kappa shape index (κ1) is 7.87. The van der Waals surface area contributed by atoms with Crippen molar-refractivity contribution in [1.29, 1.82) is 0 Å². The first-order valence-corrected chi connectivity index (χ1v) is 3.57. The standard InChI is InChI=1S/C6H10OS/c1-3-5-8-6-4-7-2/h1H,4-6H2,2H3. The summed E-state index contributed by atoms with van der Waals surface area (Å²) in [5, 5.41) is 0. The van der Waals surface area contributed by atoms with Crippen LogP contribution in [0.15, 0.2) is 0 Å². The molecule has 0 aromatic carbocycles. The second-order valence-electron chi connectivity index (χ2n) is 1.25. The summed E-state index contributed by atoms with van der Waals surface area (Å²) in [5.74, 6) is 4.33. The van der Waals surface area contributed by atoms with E-state index in [0.717, 1.165) is 18.1 Å². The van der Waals surface area contributed by atoms with Crippen molar-refractivity contribution in [3.8, 4) is 12.3 Å². The molecule has 0 aromatic rings. The Kier molecular flexibility index (Phi) is 6.76. The summed E-state index contributed by atoms with van der Waals surface area (Å²) in [6.45, 7) is 0.798. The zero-order valence-corrected chi connectivity index (χ0v) is 5.83. The number of terminal acetylenes is 1. The van der Waals surface area contributed by atoms with E-state index in [9.17, 15) is 0 Å². The normalized spacial score (nSPS) is 8.50. The Morgan fingerprint density at radius 1 is 1.75 bits per heavy atom. The lowest BCUT2D eigenvalue weighted by molar-refractivity contribution is 0.218. The number of thioether (sulfide) groups is 1. The Bertz CT molecular complexity index is 75.1. The van der Waals surface area contributed by atoms with Crippen molar-refractivity contribution in [3.63, 3.8) is 0 Å². The highest BCUT2D eigenvalue weighted by Gasteiger charge is 1.81. The van der Waals surface area contributed by atoms with Gasteiger partial charge in [-0.2, -0.15) is 0 Å². The van der Waals surface area contributed by atoms with Crippen LogP contribution in [0, 0.1) is 12.3 Å². The van der Waals surface area contributed by atoms with E-state index in [1.54, 1.807) is 18.9 Å². The van der Waals surface area contributed by atoms with Crippen molar-refractivity contribution in [2.24, 2.45) is 0 Å². The van der Waals surface area contributed by atoms with Crippen molar-refractivity contribution in [1.82, 2.24) is 0 Å². The van der Waals surface area contributed by atoms with Crippen molar-refractivity contribution in [2.75, 3.05) is 25.2 Å². The van der Waals surface area contributed by atoms with Crippen LogP contribution in [0.5, 0.6) is 0 Å². The van der Waals surface area contributed by atoms with Gasteiger partial charge in [0.05, 0.1) is 12.4 Å². The molecule has 0 saturated heterocycles. The Morgan fingerprint density at radius 2 is 2.50 bits per heavy atom. The molecule has 0 fully saturated rings. The molecule has 0 radical (unpaired) electrons. The van der Waals surface area contributed by atoms with E-state index in [4.69, 9.17) is 11.2 Å². The molecular formula is C6H10OS. The molecular weight excluding hydrogens is 120 g/mol. The van der Waals surface area contributed by atoms with Gasteiger partial charge in [-0.15, -0.1) is 18.2 Å². The molecule has 0 bridgehead atoms. The molecule has 8 heavy (non-hydrogen) atoms. The zero-order chi connectivity index (χ0) is 6.24. The summed E-state index contributed by atoms with van der Waals surface area (Å²) in [5.41, 5.74) is 0. The van der Waals surface area contributed by atoms with Gasteiger partial charge in [-0.3, -0.25) is 0 Å². The number of hydrogen-bond donors (Lipinski definition) is 0. The van der Waals surface area contributed by atoms with E-state index in [0.29, 0.717) is 0 Å². The molecule has 0 unspecified atom stereocenters. The highest BCUT2D eigenvalue weighted by Crippen LogP contribution is 1.95. The Labute approximate surface area is 54.8 Å². The van der Waals surface area contributed by atoms with E-state index >= 15 is 0 Å². The van der Waals surface area contributed by atoms with Crippen LogP contribution in [-0.4, -0.2) is 25.2 Å². The van der Waals surface area contributed by atoms with Gasteiger partial charge in [0.2, 0.25) is 0 Å². The molecule has 0 N–H and O–H groups in total. The molecule has 0 atom stereocenters. The molecule has 0 rings (SSSR count). The van der Waals surface area contributed by atoms with Crippen LogP contribution in [0.3, 0.4) is 0 Å². The van der Waals surface area contributed by atoms with Crippen molar-refractivity contribution >= 4 is 11.8 Å². The third-order valence-corrected chi connectivity index (χ3v) is 1.44. The summed E-state index contributed by atoms with van der Waals surface area (Å²) in [7, 11) is 1.69. The molecule has 0 aliphatic carbocycles. The minimum absolute atomic E-state index is 0.795. The van der Waals surface area contributed by atoms with Gasteiger partial charge in [0.1, 0.15) is 0 Å². The second kappa shape index (κ2) is 6.87. The molecule has 1 nitrogen and oxygen atoms in total. The van der Waals surface area contributed by atoms with Crippen LogP contribution in [-0.2, 0) is 4.74 Å². The van der Waals surface area contributed by atoms with Gasteiger partial charge in [0.25, 0.3) is 0 Å². The molecule has 0 aromatic heterocycles. The Morgan fingerprint density at radius 3 is 3.00 bits per heavy atom. The maximum absolute atomic E-state index is 5.00. The average Bonchev–Trinajstić information content (AvgIpc) is 1.81. The average molecular weight is 130 g/mol. The molecule has 0 heterocycles. The first-order valence-electron chi connectivity index (χ1n) is 2.42. The predicted molar refractivity (Wildman–Crippen MR) is 38.0 cm³/mol. The Balaban J connectivity index is 2.65. The van der Waals surface area contributed by atoms with Crippen LogP contribution in [0.4, 0.5) is 0 Å². The molecule has 0 aliphatic heterocycles. The topological polar surface area (TPSA) is 9.23 Å². The molecule has 0 amide bonds. The Hall–Kier alpha value is -0.130. The smallest absolute Gasteiger partial charge is 0.0553 e. The number of hydrogen-bond acceptors (Lipinski definition) is 2. The van der Waals surface area contributed by atoms with Gasteiger partial charge in [-0.05, 0) is 0 Å². The lowest BCUT2D eigenvalue weighted by Crippen LogP contribution is -1.91. The molecule has 0 aliphatic rings. The molecule has 0 saturated carbocycles. The highest BCUT2D eigenvalue weighted by molar-refractivity contribution is 7.99. The summed E-state index contributed by atoms with van der Waals surface area (Å²) < 4.78 is 4.80. The summed E-state index contributed by atoms with van der Waals surface area (Å²) in [4.78, 5) is 0. The minimum atomic E-state index is 0.795.